The number of halogens is 2. The molecule has 70 valence electrons. The molecule has 0 saturated carbocycles. The highest BCUT2D eigenvalue weighted by atomic mass is 35.5. The normalized spacial score (nSPS) is 7.45. The Morgan fingerprint density at radius 2 is 1.73 bits per heavy atom. The summed E-state index contributed by atoms with van der Waals surface area (Å²) in [7, 11) is 0. The number of hydrogen-bond acceptors (Lipinski definition) is 4. The van der Waals surface area contributed by atoms with Crippen LogP contribution in [0.2, 0.25) is 0 Å². The summed E-state index contributed by atoms with van der Waals surface area (Å²) >= 11 is 0. The topological polar surface area (TPSA) is 78.3 Å². The van der Waals surface area contributed by atoms with Crippen molar-refractivity contribution >= 4 is 30.8 Å². The largest absolute Gasteiger partial charge is 0.464 e. The fourth-order valence-corrected chi connectivity index (χ4v) is 0.363. The van der Waals surface area contributed by atoms with Gasteiger partial charge in [-0.15, -0.1) is 24.8 Å². The highest BCUT2D eigenvalue weighted by molar-refractivity contribution is 5.85. The predicted molar refractivity (Wildman–Crippen MR) is 48.2 cm³/mol. The third-order valence-corrected chi connectivity index (χ3v) is 0.729. The van der Waals surface area contributed by atoms with Crippen molar-refractivity contribution in [2.45, 2.75) is 6.42 Å². The van der Waals surface area contributed by atoms with E-state index in [4.69, 9.17) is 11.5 Å². The highest BCUT2D eigenvalue weighted by Crippen LogP contribution is 1.80. The number of carbonyl (C=O) groups excluding carboxylic acids is 1. The minimum Gasteiger partial charge on any atom is -0.464 e. The number of rotatable bonds is 4. The van der Waals surface area contributed by atoms with Crippen molar-refractivity contribution in [2.75, 3.05) is 19.7 Å². The molecule has 0 aromatic heterocycles. The summed E-state index contributed by atoms with van der Waals surface area (Å²) in [5.74, 6) is -0.275. The monoisotopic (exact) mass is 204 g/mol. The third kappa shape index (κ3) is 13.0. The van der Waals surface area contributed by atoms with Crippen molar-refractivity contribution in [2.24, 2.45) is 11.5 Å². The molecule has 0 aromatic rings. The van der Waals surface area contributed by atoms with E-state index in [1.165, 1.54) is 0 Å². The van der Waals surface area contributed by atoms with Gasteiger partial charge < -0.3 is 16.2 Å². The first-order valence-corrected chi connectivity index (χ1v) is 2.87. The molecular formula is C5H14Cl2N2O2. The molecule has 0 unspecified atom stereocenters. The van der Waals surface area contributed by atoms with Crippen LogP contribution in [-0.2, 0) is 9.53 Å². The molecule has 0 spiro atoms. The zero-order valence-electron chi connectivity index (χ0n) is 6.12. The minimum atomic E-state index is -0.275. The van der Waals surface area contributed by atoms with E-state index < -0.39 is 0 Å². The van der Waals surface area contributed by atoms with E-state index in [0.717, 1.165) is 0 Å². The second-order valence-corrected chi connectivity index (χ2v) is 1.55. The standard InChI is InChI=1S/C5H12N2O2.2ClH/c6-2-1-5(8)9-4-3-7;;/h1-4,6-7H2;2*1H. The molecule has 0 atom stereocenters. The number of esters is 1. The van der Waals surface area contributed by atoms with E-state index in [1.54, 1.807) is 0 Å². The zero-order chi connectivity index (χ0) is 7.11. The molecule has 0 aliphatic carbocycles. The summed E-state index contributed by atoms with van der Waals surface area (Å²) in [6.07, 6.45) is 0.278. The van der Waals surface area contributed by atoms with Crippen LogP contribution in [0.5, 0.6) is 0 Å². The maximum atomic E-state index is 10.4. The van der Waals surface area contributed by atoms with Crippen LogP contribution in [-0.4, -0.2) is 25.7 Å². The molecule has 4 N–H and O–H groups in total. The molecule has 0 radical (unpaired) electrons. The summed E-state index contributed by atoms with van der Waals surface area (Å²) in [4.78, 5) is 10.4. The van der Waals surface area contributed by atoms with Crippen LogP contribution in [0.4, 0.5) is 0 Å². The van der Waals surface area contributed by atoms with Gasteiger partial charge in [0.15, 0.2) is 0 Å². The lowest BCUT2D eigenvalue weighted by molar-refractivity contribution is -0.143. The Kier molecular flexibility index (Phi) is 19.7. The van der Waals surface area contributed by atoms with Gasteiger partial charge in [-0.3, -0.25) is 4.79 Å². The van der Waals surface area contributed by atoms with Crippen LogP contribution in [0.25, 0.3) is 0 Å². The summed E-state index contributed by atoms with van der Waals surface area (Å²) in [5, 5.41) is 0. The van der Waals surface area contributed by atoms with Crippen LogP contribution in [0.1, 0.15) is 6.42 Å². The fourth-order valence-electron chi connectivity index (χ4n) is 0.363. The molecule has 0 aromatic carbocycles. The first-order valence-electron chi connectivity index (χ1n) is 2.87. The first-order chi connectivity index (χ1) is 4.31. The van der Waals surface area contributed by atoms with Crippen molar-refractivity contribution < 1.29 is 9.53 Å². The molecule has 0 aliphatic rings. The van der Waals surface area contributed by atoms with E-state index in [9.17, 15) is 4.79 Å². The summed E-state index contributed by atoms with van der Waals surface area (Å²) in [5.41, 5.74) is 10.1. The van der Waals surface area contributed by atoms with E-state index in [-0.39, 0.29) is 37.2 Å². The second-order valence-electron chi connectivity index (χ2n) is 1.55. The lowest BCUT2D eigenvalue weighted by Crippen LogP contribution is -2.16. The van der Waals surface area contributed by atoms with Crippen LogP contribution >= 0.6 is 24.8 Å². The molecule has 0 rings (SSSR count). The van der Waals surface area contributed by atoms with Crippen molar-refractivity contribution in [1.29, 1.82) is 0 Å². The van der Waals surface area contributed by atoms with Gasteiger partial charge in [-0.05, 0) is 0 Å². The molecule has 0 amide bonds. The van der Waals surface area contributed by atoms with Crippen molar-refractivity contribution in [3.8, 4) is 0 Å². The SMILES string of the molecule is Cl.Cl.NCCOC(=O)CCN. The Bertz CT molecular complexity index is 92.6. The van der Waals surface area contributed by atoms with Gasteiger partial charge in [-0.25, -0.2) is 0 Å². The Morgan fingerprint density at radius 1 is 1.18 bits per heavy atom. The summed E-state index contributed by atoms with van der Waals surface area (Å²) < 4.78 is 4.59. The van der Waals surface area contributed by atoms with Gasteiger partial charge in [-0.2, -0.15) is 0 Å². The molecule has 0 aliphatic heterocycles. The first kappa shape index (κ1) is 17.2. The molecule has 6 heteroatoms. The molecule has 4 nitrogen and oxygen atoms in total. The molecular weight excluding hydrogens is 191 g/mol. The maximum absolute atomic E-state index is 10.4. The quantitative estimate of drug-likeness (QED) is 0.616. The molecule has 0 saturated heterocycles. The van der Waals surface area contributed by atoms with Crippen LogP contribution < -0.4 is 11.5 Å². The fraction of sp³-hybridized carbons (Fsp3) is 0.800. The van der Waals surface area contributed by atoms with Crippen molar-refractivity contribution in [3.05, 3.63) is 0 Å². The van der Waals surface area contributed by atoms with Gasteiger partial charge in [0.05, 0.1) is 6.42 Å². The average molecular weight is 205 g/mol. The average Bonchev–Trinajstić information content (AvgIpc) is 1.85. The van der Waals surface area contributed by atoms with Gasteiger partial charge in [0.25, 0.3) is 0 Å². The summed E-state index contributed by atoms with van der Waals surface area (Å²) in [6, 6.07) is 0. The predicted octanol–water partition coefficient (Wildman–Crippen LogP) is -0.319. The molecule has 0 bridgehead atoms. The Morgan fingerprint density at radius 3 is 2.09 bits per heavy atom. The van der Waals surface area contributed by atoms with Crippen LogP contribution in [0.15, 0.2) is 0 Å². The van der Waals surface area contributed by atoms with Crippen LogP contribution in [0.3, 0.4) is 0 Å². The van der Waals surface area contributed by atoms with Crippen molar-refractivity contribution in [3.63, 3.8) is 0 Å². The van der Waals surface area contributed by atoms with Gasteiger partial charge >= 0.3 is 5.97 Å². The minimum absolute atomic E-state index is 0. The van der Waals surface area contributed by atoms with Gasteiger partial charge in [0, 0.05) is 13.1 Å². The smallest absolute Gasteiger partial charge is 0.307 e. The Labute approximate surface area is 78.5 Å². The molecule has 11 heavy (non-hydrogen) atoms. The summed E-state index contributed by atoms with van der Waals surface area (Å²) in [6.45, 7) is 0.999. The Balaban J connectivity index is -0.000000320. The van der Waals surface area contributed by atoms with E-state index >= 15 is 0 Å². The molecule has 0 heterocycles. The van der Waals surface area contributed by atoms with Gasteiger partial charge in [0.2, 0.25) is 0 Å². The second kappa shape index (κ2) is 12.6. The highest BCUT2D eigenvalue weighted by Gasteiger charge is 1.97. The Hall–Kier alpha value is -0.0300. The van der Waals surface area contributed by atoms with Gasteiger partial charge in [0.1, 0.15) is 6.61 Å². The van der Waals surface area contributed by atoms with E-state index in [0.29, 0.717) is 19.7 Å². The molecule has 0 fully saturated rings. The zero-order valence-corrected chi connectivity index (χ0v) is 7.75. The number of ether oxygens (including phenoxy) is 1. The number of hydrogen-bond donors (Lipinski definition) is 2. The number of carbonyl (C=O) groups is 1. The third-order valence-electron chi connectivity index (χ3n) is 0.729. The van der Waals surface area contributed by atoms with Gasteiger partial charge in [-0.1, -0.05) is 0 Å². The lowest BCUT2D eigenvalue weighted by Gasteiger charge is -1.99. The number of nitrogens with two attached hydrogens (primary N) is 2. The van der Waals surface area contributed by atoms with E-state index in [2.05, 4.69) is 4.74 Å². The van der Waals surface area contributed by atoms with Crippen LogP contribution in [0, 0.1) is 0 Å². The maximum Gasteiger partial charge on any atom is 0.307 e. The lowest BCUT2D eigenvalue weighted by atomic mass is 10.4. The van der Waals surface area contributed by atoms with E-state index in [1.807, 2.05) is 0 Å². The van der Waals surface area contributed by atoms with Crippen molar-refractivity contribution in [1.82, 2.24) is 0 Å².